The molecule has 5 heteroatoms. The number of carboxylic acids is 1. The molecule has 0 spiro atoms. The van der Waals surface area contributed by atoms with Crippen molar-refractivity contribution in [3.63, 3.8) is 0 Å². The maximum atomic E-state index is 12.6. The third-order valence-corrected chi connectivity index (χ3v) is 4.87. The van der Waals surface area contributed by atoms with Gasteiger partial charge in [-0.2, -0.15) is 0 Å². The van der Waals surface area contributed by atoms with Crippen molar-refractivity contribution >= 4 is 11.9 Å². The molecule has 1 aromatic carbocycles. The van der Waals surface area contributed by atoms with E-state index in [1.54, 1.807) is 17.3 Å². The van der Waals surface area contributed by atoms with Crippen molar-refractivity contribution in [3.8, 4) is 11.1 Å². The van der Waals surface area contributed by atoms with Crippen molar-refractivity contribution in [2.45, 2.75) is 32.2 Å². The molecule has 2 atom stereocenters. The number of nitrogens with zero attached hydrogens (tertiary/aromatic N) is 2. The molecule has 1 aliphatic rings. The van der Waals surface area contributed by atoms with Gasteiger partial charge >= 0.3 is 5.97 Å². The highest BCUT2D eigenvalue weighted by Crippen LogP contribution is 2.24. The Hall–Kier alpha value is -2.69. The number of carbonyl (C=O) groups excluding carboxylic acids is 1. The highest BCUT2D eigenvalue weighted by atomic mass is 16.4. The number of hydrogen-bond acceptors (Lipinski definition) is 3. The number of pyridine rings is 1. The topological polar surface area (TPSA) is 70.5 Å². The minimum Gasteiger partial charge on any atom is -0.481 e. The van der Waals surface area contributed by atoms with E-state index in [1.807, 2.05) is 43.3 Å². The number of carbonyl (C=O) groups is 2. The molecule has 1 fully saturated rings. The average Bonchev–Trinajstić information content (AvgIpc) is 2.63. The fourth-order valence-electron chi connectivity index (χ4n) is 3.29. The monoisotopic (exact) mass is 338 g/mol. The molecule has 0 saturated carbocycles. The Morgan fingerprint density at radius 2 is 1.72 bits per heavy atom. The lowest BCUT2D eigenvalue weighted by Crippen LogP contribution is -2.47. The summed E-state index contributed by atoms with van der Waals surface area (Å²) in [6.45, 7) is 2.30. The van der Waals surface area contributed by atoms with Crippen LogP contribution in [0.5, 0.6) is 0 Å². The van der Waals surface area contributed by atoms with E-state index in [0.29, 0.717) is 19.4 Å². The lowest BCUT2D eigenvalue weighted by Gasteiger charge is -2.36. The van der Waals surface area contributed by atoms with E-state index in [-0.39, 0.29) is 11.9 Å². The number of carboxylic acid groups (broad SMARTS) is 1. The van der Waals surface area contributed by atoms with E-state index >= 15 is 0 Å². The van der Waals surface area contributed by atoms with Crippen LogP contribution in [0.3, 0.4) is 0 Å². The van der Waals surface area contributed by atoms with Gasteiger partial charge in [0.15, 0.2) is 0 Å². The average molecular weight is 338 g/mol. The smallest absolute Gasteiger partial charge is 0.308 e. The SMILES string of the molecule is C[C@H]1CC[C@@H](C(=O)O)CN1C(=O)Cc1ccc(-c2ccncc2)cc1. The summed E-state index contributed by atoms with van der Waals surface area (Å²) in [6.07, 6.45) is 5.19. The maximum absolute atomic E-state index is 12.6. The van der Waals surface area contributed by atoms with Crippen molar-refractivity contribution in [2.75, 3.05) is 6.54 Å². The van der Waals surface area contributed by atoms with Gasteiger partial charge in [0, 0.05) is 25.0 Å². The maximum Gasteiger partial charge on any atom is 0.308 e. The molecule has 0 aliphatic carbocycles. The molecule has 2 heterocycles. The van der Waals surface area contributed by atoms with E-state index in [4.69, 9.17) is 0 Å². The highest BCUT2D eigenvalue weighted by molar-refractivity contribution is 5.80. The van der Waals surface area contributed by atoms with Gasteiger partial charge in [-0.3, -0.25) is 14.6 Å². The number of piperidine rings is 1. The summed E-state index contributed by atoms with van der Waals surface area (Å²) in [5.41, 5.74) is 3.10. The Balaban J connectivity index is 1.67. The molecule has 1 aromatic heterocycles. The third-order valence-electron chi connectivity index (χ3n) is 4.87. The van der Waals surface area contributed by atoms with E-state index in [2.05, 4.69) is 4.98 Å². The molecule has 0 unspecified atom stereocenters. The molecule has 1 N–H and O–H groups in total. The van der Waals surface area contributed by atoms with Gasteiger partial charge in [0.1, 0.15) is 0 Å². The van der Waals surface area contributed by atoms with Gasteiger partial charge in [-0.1, -0.05) is 24.3 Å². The van der Waals surface area contributed by atoms with Crippen LogP contribution in [0.25, 0.3) is 11.1 Å². The van der Waals surface area contributed by atoms with Gasteiger partial charge in [-0.05, 0) is 48.6 Å². The van der Waals surface area contributed by atoms with Crippen LogP contribution in [0.2, 0.25) is 0 Å². The normalized spacial score (nSPS) is 20.3. The summed E-state index contributed by atoms with van der Waals surface area (Å²) in [5.74, 6) is -1.27. The summed E-state index contributed by atoms with van der Waals surface area (Å²) in [5, 5.41) is 9.21. The molecule has 1 aliphatic heterocycles. The summed E-state index contributed by atoms with van der Waals surface area (Å²) in [6, 6.07) is 11.9. The zero-order valence-electron chi connectivity index (χ0n) is 14.3. The van der Waals surface area contributed by atoms with E-state index < -0.39 is 11.9 Å². The summed E-state index contributed by atoms with van der Waals surface area (Å²) in [4.78, 5) is 29.6. The van der Waals surface area contributed by atoms with E-state index in [1.165, 1.54) is 0 Å². The van der Waals surface area contributed by atoms with Gasteiger partial charge < -0.3 is 10.0 Å². The highest BCUT2D eigenvalue weighted by Gasteiger charge is 2.32. The van der Waals surface area contributed by atoms with Gasteiger partial charge in [0.2, 0.25) is 5.91 Å². The summed E-state index contributed by atoms with van der Waals surface area (Å²) >= 11 is 0. The Morgan fingerprint density at radius 1 is 1.08 bits per heavy atom. The van der Waals surface area contributed by atoms with Crippen LogP contribution in [0.1, 0.15) is 25.3 Å². The molecule has 3 rings (SSSR count). The zero-order chi connectivity index (χ0) is 17.8. The van der Waals surface area contributed by atoms with Gasteiger partial charge in [0.25, 0.3) is 0 Å². The Labute approximate surface area is 147 Å². The van der Waals surface area contributed by atoms with Crippen LogP contribution in [0.15, 0.2) is 48.8 Å². The number of amides is 1. The third kappa shape index (κ3) is 4.05. The molecule has 0 bridgehead atoms. The number of benzene rings is 1. The molecule has 5 nitrogen and oxygen atoms in total. The van der Waals surface area contributed by atoms with Crippen LogP contribution in [0.4, 0.5) is 0 Å². The first-order valence-electron chi connectivity index (χ1n) is 8.56. The second-order valence-electron chi connectivity index (χ2n) is 6.62. The molecule has 2 aromatic rings. The first-order valence-corrected chi connectivity index (χ1v) is 8.56. The molecule has 1 saturated heterocycles. The minimum atomic E-state index is -0.814. The fourth-order valence-corrected chi connectivity index (χ4v) is 3.29. The van der Waals surface area contributed by atoms with Crippen LogP contribution in [-0.2, 0) is 16.0 Å². The standard InChI is InChI=1S/C20H22N2O3/c1-14-2-5-18(20(24)25)13-22(14)19(23)12-15-3-6-16(7-4-15)17-8-10-21-11-9-17/h3-4,6-11,14,18H,2,5,12-13H2,1H3,(H,24,25)/t14-,18+/m0/s1. The van der Waals surface area contributed by atoms with Crippen LogP contribution >= 0.6 is 0 Å². The molecule has 25 heavy (non-hydrogen) atoms. The predicted octanol–water partition coefficient (Wildman–Crippen LogP) is 3.00. The van der Waals surface area contributed by atoms with Crippen molar-refractivity contribution in [3.05, 3.63) is 54.4 Å². The van der Waals surface area contributed by atoms with E-state index in [9.17, 15) is 14.7 Å². The number of aromatic nitrogens is 1. The Bertz CT molecular complexity index is 743. The Morgan fingerprint density at radius 3 is 2.36 bits per heavy atom. The van der Waals surface area contributed by atoms with Crippen molar-refractivity contribution in [1.29, 1.82) is 0 Å². The first-order chi connectivity index (χ1) is 12.0. The van der Waals surface area contributed by atoms with Crippen molar-refractivity contribution < 1.29 is 14.7 Å². The second-order valence-corrected chi connectivity index (χ2v) is 6.62. The van der Waals surface area contributed by atoms with Gasteiger partial charge in [-0.15, -0.1) is 0 Å². The largest absolute Gasteiger partial charge is 0.481 e. The van der Waals surface area contributed by atoms with E-state index in [0.717, 1.165) is 23.1 Å². The lowest BCUT2D eigenvalue weighted by molar-refractivity contribution is -0.146. The van der Waals surface area contributed by atoms with Gasteiger partial charge in [-0.25, -0.2) is 0 Å². The van der Waals surface area contributed by atoms with Crippen LogP contribution in [0, 0.1) is 5.92 Å². The van der Waals surface area contributed by atoms with Crippen molar-refractivity contribution in [1.82, 2.24) is 9.88 Å². The minimum absolute atomic E-state index is 0.00453. The number of likely N-dealkylation sites (tertiary alicyclic amines) is 1. The van der Waals surface area contributed by atoms with Crippen LogP contribution in [-0.4, -0.2) is 39.5 Å². The Kier molecular flexibility index (Phi) is 5.12. The number of rotatable bonds is 4. The van der Waals surface area contributed by atoms with Gasteiger partial charge in [0.05, 0.1) is 12.3 Å². The molecule has 0 radical (unpaired) electrons. The molecule has 130 valence electrons. The zero-order valence-corrected chi connectivity index (χ0v) is 14.3. The number of aliphatic carboxylic acids is 1. The molecular formula is C20H22N2O3. The lowest BCUT2D eigenvalue weighted by atomic mass is 9.93. The predicted molar refractivity (Wildman–Crippen MR) is 94.9 cm³/mol. The second kappa shape index (κ2) is 7.47. The number of hydrogen-bond donors (Lipinski definition) is 1. The van der Waals surface area contributed by atoms with Crippen molar-refractivity contribution in [2.24, 2.45) is 5.92 Å². The first kappa shape index (κ1) is 17.1. The molecular weight excluding hydrogens is 316 g/mol. The fraction of sp³-hybridized carbons (Fsp3) is 0.350. The summed E-state index contributed by atoms with van der Waals surface area (Å²) in [7, 11) is 0. The summed E-state index contributed by atoms with van der Waals surface area (Å²) < 4.78 is 0. The molecule has 1 amide bonds. The quantitative estimate of drug-likeness (QED) is 0.930. The van der Waals surface area contributed by atoms with Crippen LogP contribution < -0.4 is 0 Å².